The Balaban J connectivity index is 2.04. The molecule has 0 aliphatic rings. The maximum absolute atomic E-state index is 11.6. The summed E-state index contributed by atoms with van der Waals surface area (Å²) in [7, 11) is 0. The van der Waals surface area contributed by atoms with Crippen LogP contribution in [-0.2, 0) is 4.79 Å². The van der Waals surface area contributed by atoms with Crippen molar-refractivity contribution >= 4 is 34.8 Å². The van der Waals surface area contributed by atoms with Crippen LogP contribution < -0.4 is 5.32 Å². The molecule has 100 valence electrons. The number of hydrogen-bond acceptors (Lipinski definition) is 3. The van der Waals surface area contributed by atoms with E-state index in [1.165, 1.54) is 11.3 Å². The monoisotopic (exact) mass is 289 g/mol. The fraction of sp³-hybridized carbons (Fsp3) is 0.500. The molecule has 0 spiro atoms. The van der Waals surface area contributed by atoms with Gasteiger partial charge >= 0.3 is 5.97 Å². The molecule has 0 atom stereocenters. The molecule has 6 heteroatoms. The van der Waals surface area contributed by atoms with Crippen LogP contribution in [0.5, 0.6) is 0 Å². The number of rotatable bonds is 8. The quantitative estimate of drug-likeness (QED) is 0.722. The highest BCUT2D eigenvalue weighted by atomic mass is 35.5. The predicted molar refractivity (Wildman–Crippen MR) is 72.4 cm³/mol. The minimum Gasteiger partial charge on any atom is -0.481 e. The summed E-state index contributed by atoms with van der Waals surface area (Å²) in [6.45, 7) is 0.613. The summed E-state index contributed by atoms with van der Waals surface area (Å²) in [6, 6.07) is 3.40. The molecular formula is C12H16ClNO3S. The lowest BCUT2D eigenvalue weighted by Gasteiger charge is -2.03. The number of halogens is 1. The van der Waals surface area contributed by atoms with Gasteiger partial charge in [-0.3, -0.25) is 9.59 Å². The Morgan fingerprint density at radius 2 is 1.94 bits per heavy atom. The van der Waals surface area contributed by atoms with Crippen molar-refractivity contribution in [3.05, 3.63) is 21.3 Å². The first-order valence-electron chi connectivity index (χ1n) is 5.85. The standard InChI is InChI=1S/C12H16ClNO3S/c13-10-7-6-9(18-10)12(17)14-8-4-2-1-3-5-11(15)16/h6-7H,1-5,8H2,(H,14,17)(H,15,16). The van der Waals surface area contributed by atoms with E-state index in [0.717, 1.165) is 19.3 Å². The highest BCUT2D eigenvalue weighted by molar-refractivity contribution is 7.17. The summed E-state index contributed by atoms with van der Waals surface area (Å²) in [5.74, 6) is -0.852. The second-order valence-corrected chi connectivity index (χ2v) is 5.63. The zero-order valence-corrected chi connectivity index (χ0v) is 11.5. The Morgan fingerprint density at radius 1 is 1.22 bits per heavy atom. The van der Waals surface area contributed by atoms with E-state index in [4.69, 9.17) is 16.7 Å². The van der Waals surface area contributed by atoms with E-state index >= 15 is 0 Å². The third-order valence-electron chi connectivity index (χ3n) is 2.40. The van der Waals surface area contributed by atoms with E-state index in [1.54, 1.807) is 12.1 Å². The summed E-state index contributed by atoms with van der Waals surface area (Å²) in [4.78, 5) is 22.5. The van der Waals surface area contributed by atoms with Crippen molar-refractivity contribution in [2.75, 3.05) is 6.54 Å². The number of carboxylic acid groups (broad SMARTS) is 1. The number of thiophene rings is 1. The summed E-state index contributed by atoms with van der Waals surface area (Å²) in [6.07, 6.45) is 3.60. The molecule has 0 bridgehead atoms. The summed E-state index contributed by atoms with van der Waals surface area (Å²) < 4.78 is 0.605. The topological polar surface area (TPSA) is 66.4 Å². The number of carboxylic acids is 1. The van der Waals surface area contributed by atoms with Crippen LogP contribution in [-0.4, -0.2) is 23.5 Å². The molecule has 1 aromatic rings. The molecule has 1 amide bonds. The van der Waals surface area contributed by atoms with Crippen LogP contribution in [0.2, 0.25) is 4.34 Å². The Bertz CT molecular complexity index is 406. The van der Waals surface area contributed by atoms with Crippen molar-refractivity contribution in [1.82, 2.24) is 5.32 Å². The average molecular weight is 290 g/mol. The highest BCUT2D eigenvalue weighted by Crippen LogP contribution is 2.21. The van der Waals surface area contributed by atoms with E-state index in [9.17, 15) is 9.59 Å². The molecule has 1 rings (SSSR count). The first kappa shape index (κ1) is 15.0. The SMILES string of the molecule is O=C(O)CCCCCCNC(=O)c1ccc(Cl)s1. The number of hydrogen-bond donors (Lipinski definition) is 2. The maximum Gasteiger partial charge on any atom is 0.303 e. The third kappa shape index (κ3) is 6.02. The number of carbonyl (C=O) groups excluding carboxylic acids is 1. The molecular weight excluding hydrogens is 274 g/mol. The Hall–Kier alpha value is -1.07. The van der Waals surface area contributed by atoms with Crippen LogP contribution in [0, 0.1) is 0 Å². The van der Waals surface area contributed by atoms with Crippen molar-refractivity contribution in [2.45, 2.75) is 32.1 Å². The zero-order chi connectivity index (χ0) is 13.4. The molecule has 18 heavy (non-hydrogen) atoms. The summed E-state index contributed by atoms with van der Waals surface area (Å²) in [5.41, 5.74) is 0. The molecule has 0 radical (unpaired) electrons. The van der Waals surface area contributed by atoms with Gasteiger partial charge in [0.15, 0.2) is 0 Å². The van der Waals surface area contributed by atoms with Gasteiger partial charge in [0.25, 0.3) is 5.91 Å². The molecule has 1 aromatic heterocycles. The van der Waals surface area contributed by atoms with E-state index in [1.807, 2.05) is 0 Å². The minimum atomic E-state index is -0.752. The molecule has 0 unspecified atom stereocenters. The van der Waals surface area contributed by atoms with Gasteiger partial charge < -0.3 is 10.4 Å². The first-order chi connectivity index (χ1) is 8.59. The van der Waals surface area contributed by atoms with Crippen LogP contribution in [0.15, 0.2) is 12.1 Å². The Morgan fingerprint density at radius 3 is 2.56 bits per heavy atom. The lowest BCUT2D eigenvalue weighted by Crippen LogP contribution is -2.23. The van der Waals surface area contributed by atoms with Gasteiger partial charge in [0.1, 0.15) is 0 Å². The van der Waals surface area contributed by atoms with Crippen molar-refractivity contribution in [1.29, 1.82) is 0 Å². The van der Waals surface area contributed by atoms with Gasteiger partial charge in [-0.1, -0.05) is 24.4 Å². The molecule has 0 saturated heterocycles. The summed E-state index contributed by atoms with van der Waals surface area (Å²) in [5, 5.41) is 11.3. The van der Waals surface area contributed by atoms with E-state index in [-0.39, 0.29) is 12.3 Å². The second-order valence-electron chi connectivity index (χ2n) is 3.92. The third-order valence-corrected chi connectivity index (χ3v) is 3.63. The number of unbranched alkanes of at least 4 members (excludes halogenated alkanes) is 3. The lowest BCUT2D eigenvalue weighted by molar-refractivity contribution is -0.137. The molecule has 0 fully saturated rings. The highest BCUT2D eigenvalue weighted by Gasteiger charge is 2.07. The zero-order valence-electron chi connectivity index (χ0n) is 9.95. The van der Waals surface area contributed by atoms with Gasteiger partial charge in [-0.2, -0.15) is 0 Å². The van der Waals surface area contributed by atoms with E-state index in [0.29, 0.717) is 22.2 Å². The van der Waals surface area contributed by atoms with Crippen molar-refractivity contribution < 1.29 is 14.7 Å². The largest absolute Gasteiger partial charge is 0.481 e. The molecule has 1 heterocycles. The van der Waals surface area contributed by atoms with Crippen molar-refractivity contribution in [3.63, 3.8) is 0 Å². The van der Waals surface area contributed by atoms with E-state index < -0.39 is 5.97 Å². The fourth-order valence-electron chi connectivity index (χ4n) is 1.48. The molecule has 2 N–H and O–H groups in total. The normalized spacial score (nSPS) is 10.3. The Kier molecular flexibility index (Phi) is 6.75. The number of nitrogens with one attached hydrogen (secondary N) is 1. The maximum atomic E-state index is 11.6. The second kappa shape index (κ2) is 8.11. The van der Waals surface area contributed by atoms with Crippen LogP contribution in [0.3, 0.4) is 0 Å². The molecule has 0 aliphatic heterocycles. The van der Waals surface area contributed by atoms with E-state index in [2.05, 4.69) is 5.32 Å². The smallest absolute Gasteiger partial charge is 0.303 e. The van der Waals surface area contributed by atoms with Gasteiger partial charge in [-0.05, 0) is 25.0 Å². The molecule has 0 aliphatic carbocycles. The van der Waals surface area contributed by atoms with Gasteiger partial charge in [-0.25, -0.2) is 0 Å². The van der Waals surface area contributed by atoms with Crippen LogP contribution in [0.4, 0.5) is 0 Å². The average Bonchev–Trinajstić information content (AvgIpc) is 2.74. The van der Waals surface area contributed by atoms with Gasteiger partial charge in [-0.15, -0.1) is 11.3 Å². The molecule has 0 aromatic carbocycles. The van der Waals surface area contributed by atoms with Crippen LogP contribution in [0.1, 0.15) is 41.8 Å². The first-order valence-corrected chi connectivity index (χ1v) is 7.04. The van der Waals surface area contributed by atoms with Crippen molar-refractivity contribution in [3.8, 4) is 0 Å². The van der Waals surface area contributed by atoms with Crippen LogP contribution >= 0.6 is 22.9 Å². The molecule has 4 nitrogen and oxygen atoms in total. The minimum absolute atomic E-state index is 0.0996. The number of aliphatic carboxylic acids is 1. The van der Waals surface area contributed by atoms with Crippen LogP contribution in [0.25, 0.3) is 0 Å². The number of carbonyl (C=O) groups is 2. The Labute approximate surface area is 115 Å². The van der Waals surface area contributed by atoms with Gasteiger partial charge in [0, 0.05) is 13.0 Å². The number of amides is 1. The summed E-state index contributed by atoms with van der Waals surface area (Å²) >= 11 is 7.00. The predicted octanol–water partition coefficient (Wildman–Crippen LogP) is 3.17. The van der Waals surface area contributed by atoms with Gasteiger partial charge in [0.05, 0.1) is 9.21 Å². The van der Waals surface area contributed by atoms with Crippen molar-refractivity contribution in [2.24, 2.45) is 0 Å². The van der Waals surface area contributed by atoms with Gasteiger partial charge in [0.2, 0.25) is 0 Å². The molecule has 0 saturated carbocycles. The fourth-order valence-corrected chi connectivity index (χ4v) is 2.44. The lowest BCUT2D eigenvalue weighted by atomic mass is 10.1.